The Bertz CT molecular complexity index is 975. The summed E-state index contributed by atoms with van der Waals surface area (Å²) in [5.41, 5.74) is 1.51. The Morgan fingerprint density at radius 2 is 1.88 bits per heavy atom. The molecule has 2 fully saturated rings. The van der Waals surface area contributed by atoms with Crippen molar-refractivity contribution in [1.82, 2.24) is 14.8 Å². The maximum Gasteiger partial charge on any atom is 0.339 e. The molecule has 2 heterocycles. The number of hydrogen-bond acceptors (Lipinski definition) is 6. The number of rotatable bonds is 9. The molecule has 1 saturated heterocycles. The van der Waals surface area contributed by atoms with Gasteiger partial charge in [0.15, 0.2) is 0 Å². The highest BCUT2D eigenvalue weighted by Gasteiger charge is 2.44. The molecule has 2 unspecified atom stereocenters. The molecule has 34 heavy (non-hydrogen) atoms. The van der Waals surface area contributed by atoms with Crippen molar-refractivity contribution in [1.29, 1.82) is 0 Å². The molecule has 0 bridgehead atoms. The summed E-state index contributed by atoms with van der Waals surface area (Å²) in [6, 6.07) is 10.2. The fourth-order valence-electron chi connectivity index (χ4n) is 4.75. The summed E-state index contributed by atoms with van der Waals surface area (Å²) < 4.78 is 23.6. The molecule has 0 N–H and O–H groups in total. The van der Waals surface area contributed by atoms with Crippen LogP contribution >= 0.6 is 0 Å². The van der Waals surface area contributed by atoms with Gasteiger partial charge in [0.2, 0.25) is 11.8 Å². The van der Waals surface area contributed by atoms with E-state index in [-0.39, 0.29) is 17.8 Å². The Morgan fingerprint density at radius 3 is 2.50 bits per heavy atom. The number of carbonyl (C=O) groups is 2. The summed E-state index contributed by atoms with van der Waals surface area (Å²) in [5.74, 6) is 0.767. The van der Waals surface area contributed by atoms with Crippen molar-refractivity contribution in [3.63, 3.8) is 0 Å². The van der Waals surface area contributed by atoms with Crippen LogP contribution in [-0.4, -0.2) is 72.6 Å². The zero-order chi connectivity index (χ0) is 24.1. The lowest BCUT2D eigenvalue weighted by molar-refractivity contribution is -0.130. The van der Waals surface area contributed by atoms with Crippen molar-refractivity contribution in [2.75, 3.05) is 39.9 Å². The summed E-state index contributed by atoms with van der Waals surface area (Å²) in [5, 5.41) is 0. The molecule has 1 aliphatic carbocycles. The standard InChI is InChI=1S/C26H32FN3O4/c1-18(31)30(24-15-23(24)20-3-6-22(27)7-4-20)17-19-9-11-29(12-10-19)13-14-34-25-8-5-21(16-28-25)26(32)33-2/h3-8,16,19,23-24H,9-15,17H2,1-2H3. The number of aromatic nitrogens is 1. The second-order valence-corrected chi connectivity index (χ2v) is 9.14. The zero-order valence-corrected chi connectivity index (χ0v) is 19.8. The molecule has 1 aliphatic heterocycles. The molecule has 0 radical (unpaired) electrons. The van der Waals surface area contributed by atoms with Crippen LogP contribution in [0, 0.1) is 11.7 Å². The lowest BCUT2D eigenvalue weighted by Gasteiger charge is -2.34. The van der Waals surface area contributed by atoms with Crippen molar-refractivity contribution < 1.29 is 23.5 Å². The van der Waals surface area contributed by atoms with E-state index in [0.717, 1.165) is 51.0 Å². The van der Waals surface area contributed by atoms with Crippen molar-refractivity contribution in [3.05, 3.63) is 59.5 Å². The van der Waals surface area contributed by atoms with E-state index in [1.165, 1.54) is 25.4 Å². The van der Waals surface area contributed by atoms with Crippen molar-refractivity contribution in [3.8, 4) is 5.88 Å². The predicted octanol–water partition coefficient (Wildman–Crippen LogP) is 3.50. The molecule has 1 aromatic heterocycles. The van der Waals surface area contributed by atoms with Gasteiger partial charge in [-0.1, -0.05) is 12.1 Å². The van der Waals surface area contributed by atoms with Crippen LogP contribution in [0.3, 0.4) is 0 Å². The molecule has 4 rings (SSSR count). The second kappa shape index (κ2) is 11.0. The van der Waals surface area contributed by atoms with E-state index in [0.29, 0.717) is 29.9 Å². The maximum absolute atomic E-state index is 13.2. The number of amides is 1. The quantitative estimate of drug-likeness (QED) is 0.524. The first-order chi connectivity index (χ1) is 16.4. The van der Waals surface area contributed by atoms with Crippen LogP contribution in [0.1, 0.15) is 48.0 Å². The lowest BCUT2D eigenvalue weighted by atomic mass is 9.96. The van der Waals surface area contributed by atoms with Crippen LogP contribution in [0.2, 0.25) is 0 Å². The first kappa shape index (κ1) is 24.1. The van der Waals surface area contributed by atoms with Gasteiger partial charge >= 0.3 is 5.97 Å². The summed E-state index contributed by atoms with van der Waals surface area (Å²) >= 11 is 0. The number of ether oxygens (including phenoxy) is 2. The number of piperidine rings is 1. The first-order valence-corrected chi connectivity index (χ1v) is 11.9. The van der Waals surface area contributed by atoms with Gasteiger partial charge in [0.1, 0.15) is 12.4 Å². The normalized spacial score (nSPS) is 20.6. The Labute approximate surface area is 199 Å². The highest BCUT2D eigenvalue weighted by molar-refractivity contribution is 5.88. The molecule has 182 valence electrons. The third-order valence-electron chi connectivity index (χ3n) is 6.84. The molecule has 0 spiro atoms. The summed E-state index contributed by atoms with van der Waals surface area (Å²) in [4.78, 5) is 32.4. The van der Waals surface area contributed by atoms with Crippen molar-refractivity contribution in [2.45, 2.75) is 38.1 Å². The summed E-state index contributed by atoms with van der Waals surface area (Å²) in [7, 11) is 1.34. The fourth-order valence-corrected chi connectivity index (χ4v) is 4.75. The highest BCUT2D eigenvalue weighted by atomic mass is 19.1. The van der Waals surface area contributed by atoms with Crippen molar-refractivity contribution in [2.24, 2.45) is 5.92 Å². The van der Waals surface area contributed by atoms with Gasteiger partial charge in [0, 0.05) is 44.2 Å². The monoisotopic (exact) mass is 469 g/mol. The van der Waals surface area contributed by atoms with Gasteiger partial charge in [0.25, 0.3) is 0 Å². The average molecular weight is 470 g/mol. The number of likely N-dealkylation sites (tertiary alicyclic amines) is 1. The second-order valence-electron chi connectivity index (χ2n) is 9.14. The molecule has 1 aromatic carbocycles. The van der Waals surface area contributed by atoms with E-state index < -0.39 is 5.97 Å². The van der Waals surface area contributed by atoms with Gasteiger partial charge in [-0.05, 0) is 62.0 Å². The van der Waals surface area contributed by atoms with Gasteiger partial charge in [-0.2, -0.15) is 0 Å². The molecular weight excluding hydrogens is 437 g/mol. The number of nitrogens with zero attached hydrogens (tertiary/aromatic N) is 3. The minimum absolute atomic E-state index is 0.121. The molecule has 1 amide bonds. The number of methoxy groups -OCH3 is 1. The molecule has 8 heteroatoms. The Morgan fingerprint density at radius 1 is 1.15 bits per heavy atom. The molecule has 7 nitrogen and oxygen atoms in total. The lowest BCUT2D eigenvalue weighted by Crippen LogP contribution is -2.42. The third-order valence-corrected chi connectivity index (χ3v) is 6.84. The number of hydrogen-bond donors (Lipinski definition) is 0. The SMILES string of the molecule is COC(=O)c1ccc(OCCN2CCC(CN(C(C)=O)C3CC3c3ccc(F)cc3)CC2)nc1. The zero-order valence-electron chi connectivity index (χ0n) is 19.8. The fraction of sp³-hybridized carbons (Fsp3) is 0.500. The maximum atomic E-state index is 13.2. The average Bonchev–Trinajstić information content (AvgIpc) is 3.64. The van der Waals surface area contributed by atoms with E-state index in [4.69, 9.17) is 4.74 Å². The molecule has 2 aliphatic rings. The molecular formula is C26H32FN3O4. The van der Waals surface area contributed by atoms with Crippen LogP contribution in [-0.2, 0) is 9.53 Å². The minimum Gasteiger partial charge on any atom is -0.476 e. The van der Waals surface area contributed by atoms with Gasteiger partial charge in [-0.3, -0.25) is 9.69 Å². The molecule has 2 aromatic rings. The van der Waals surface area contributed by atoms with E-state index in [1.807, 2.05) is 17.0 Å². The number of esters is 1. The van der Waals surface area contributed by atoms with Crippen LogP contribution in [0.25, 0.3) is 0 Å². The molecule has 1 saturated carbocycles. The topological polar surface area (TPSA) is 72.0 Å². The van der Waals surface area contributed by atoms with Gasteiger partial charge < -0.3 is 14.4 Å². The van der Waals surface area contributed by atoms with Crippen LogP contribution in [0.5, 0.6) is 5.88 Å². The summed E-state index contributed by atoms with van der Waals surface area (Å²) in [6.45, 7) is 5.72. The van der Waals surface area contributed by atoms with E-state index in [2.05, 4.69) is 14.6 Å². The van der Waals surface area contributed by atoms with Gasteiger partial charge in [0.05, 0.1) is 12.7 Å². The van der Waals surface area contributed by atoms with Crippen LogP contribution in [0.15, 0.2) is 42.6 Å². The predicted molar refractivity (Wildman–Crippen MR) is 125 cm³/mol. The largest absolute Gasteiger partial charge is 0.476 e. The van der Waals surface area contributed by atoms with Gasteiger partial charge in [-0.15, -0.1) is 0 Å². The van der Waals surface area contributed by atoms with E-state index in [9.17, 15) is 14.0 Å². The third kappa shape index (κ3) is 6.11. The highest BCUT2D eigenvalue weighted by Crippen LogP contribution is 2.45. The Hall–Kier alpha value is -3.00. The van der Waals surface area contributed by atoms with Crippen molar-refractivity contribution >= 4 is 11.9 Å². The van der Waals surface area contributed by atoms with E-state index >= 15 is 0 Å². The van der Waals surface area contributed by atoms with Crippen LogP contribution < -0.4 is 4.74 Å². The number of carbonyl (C=O) groups excluding carboxylic acids is 2. The Kier molecular flexibility index (Phi) is 7.77. The smallest absolute Gasteiger partial charge is 0.339 e. The van der Waals surface area contributed by atoms with E-state index in [1.54, 1.807) is 19.1 Å². The van der Waals surface area contributed by atoms with Gasteiger partial charge in [-0.25, -0.2) is 14.2 Å². The molecule has 2 atom stereocenters. The number of pyridine rings is 1. The summed E-state index contributed by atoms with van der Waals surface area (Å²) in [6.07, 6.45) is 4.50. The Balaban J connectivity index is 1.18. The first-order valence-electron chi connectivity index (χ1n) is 11.9. The van der Waals surface area contributed by atoms with Crippen LogP contribution in [0.4, 0.5) is 4.39 Å². The minimum atomic E-state index is -0.419. The number of halogens is 1. The number of benzene rings is 1.